The Labute approximate surface area is 178 Å². The van der Waals surface area contributed by atoms with Crippen molar-refractivity contribution in [1.29, 1.82) is 0 Å². The van der Waals surface area contributed by atoms with Gasteiger partial charge in [0.2, 0.25) is 15.9 Å². The molecule has 2 heterocycles. The van der Waals surface area contributed by atoms with Gasteiger partial charge in [-0.3, -0.25) is 4.79 Å². The number of nitrogens with one attached hydrogen (secondary N) is 1. The van der Waals surface area contributed by atoms with Crippen LogP contribution in [0.4, 0.5) is 0 Å². The molecule has 1 aliphatic rings. The van der Waals surface area contributed by atoms with Crippen LogP contribution in [0.5, 0.6) is 0 Å². The van der Waals surface area contributed by atoms with Gasteiger partial charge >= 0.3 is 0 Å². The lowest BCUT2D eigenvalue weighted by Gasteiger charge is -2.31. The van der Waals surface area contributed by atoms with Gasteiger partial charge < -0.3 is 14.7 Å². The molecular formula is C21H30N4O4S. The average molecular weight is 435 g/mol. The second-order valence-electron chi connectivity index (χ2n) is 8.08. The third-order valence-electron chi connectivity index (χ3n) is 5.38. The molecule has 0 bridgehead atoms. The number of aryl methyl sites for hydroxylation is 2. The van der Waals surface area contributed by atoms with E-state index in [9.17, 15) is 13.2 Å². The third-order valence-corrected chi connectivity index (χ3v) is 7.49. The van der Waals surface area contributed by atoms with Gasteiger partial charge in [0.05, 0.1) is 5.92 Å². The number of benzene rings is 1. The van der Waals surface area contributed by atoms with Gasteiger partial charge in [-0.15, -0.1) is 0 Å². The molecule has 3 rings (SSSR count). The molecule has 8 nitrogen and oxygen atoms in total. The fourth-order valence-electron chi connectivity index (χ4n) is 3.90. The number of piperidine rings is 1. The second-order valence-corrected chi connectivity index (χ2v) is 9.95. The Kier molecular flexibility index (Phi) is 6.95. The minimum absolute atomic E-state index is 0.112. The second kappa shape index (κ2) is 9.28. The summed E-state index contributed by atoms with van der Waals surface area (Å²) in [6.07, 6.45) is 1.30. The topological polar surface area (TPSA) is 95.8 Å². The van der Waals surface area contributed by atoms with Gasteiger partial charge in [-0.25, -0.2) is 8.42 Å². The van der Waals surface area contributed by atoms with Crippen LogP contribution in [0.3, 0.4) is 0 Å². The zero-order valence-electron chi connectivity index (χ0n) is 18.0. The van der Waals surface area contributed by atoms with Gasteiger partial charge in [-0.1, -0.05) is 29.4 Å². The fourth-order valence-corrected chi connectivity index (χ4v) is 5.71. The number of nitrogens with zero attached hydrogens (tertiary/aromatic N) is 3. The van der Waals surface area contributed by atoms with Crippen molar-refractivity contribution in [3.05, 3.63) is 46.8 Å². The molecule has 1 aromatic heterocycles. The van der Waals surface area contributed by atoms with E-state index in [-0.39, 0.29) is 29.0 Å². The SMILES string of the molecule is Cc1noc(C)c1S(=O)(=O)N1CCCC(C(=O)NCc2ccccc2CN(C)C)C1. The van der Waals surface area contributed by atoms with E-state index in [1.807, 2.05) is 32.3 Å². The summed E-state index contributed by atoms with van der Waals surface area (Å²) in [5.41, 5.74) is 2.57. The molecule has 0 saturated carbocycles. The number of sulfonamides is 1. The monoisotopic (exact) mass is 434 g/mol. The van der Waals surface area contributed by atoms with Crippen LogP contribution in [0.1, 0.15) is 35.4 Å². The molecule has 0 radical (unpaired) electrons. The molecule has 30 heavy (non-hydrogen) atoms. The van der Waals surface area contributed by atoms with Crippen LogP contribution in [-0.4, -0.2) is 55.9 Å². The highest BCUT2D eigenvalue weighted by Crippen LogP contribution is 2.27. The molecule has 0 aliphatic carbocycles. The summed E-state index contributed by atoms with van der Waals surface area (Å²) in [5, 5.41) is 6.76. The average Bonchev–Trinajstić information content (AvgIpc) is 3.05. The summed E-state index contributed by atoms with van der Waals surface area (Å²) < 4.78 is 32.6. The van der Waals surface area contributed by atoms with Crippen molar-refractivity contribution in [2.75, 3.05) is 27.2 Å². The Balaban J connectivity index is 1.67. The first kappa shape index (κ1) is 22.5. The van der Waals surface area contributed by atoms with Crippen LogP contribution in [0.15, 0.2) is 33.7 Å². The molecule has 2 aromatic rings. The molecule has 1 saturated heterocycles. The maximum Gasteiger partial charge on any atom is 0.248 e. The Morgan fingerprint density at radius 3 is 2.60 bits per heavy atom. The summed E-state index contributed by atoms with van der Waals surface area (Å²) in [4.78, 5) is 15.0. The van der Waals surface area contributed by atoms with Gasteiger partial charge in [0.1, 0.15) is 10.6 Å². The smallest absolute Gasteiger partial charge is 0.248 e. The van der Waals surface area contributed by atoms with E-state index in [2.05, 4.69) is 21.4 Å². The lowest BCUT2D eigenvalue weighted by atomic mass is 9.98. The Bertz CT molecular complexity index is 981. The van der Waals surface area contributed by atoms with Crippen molar-refractivity contribution < 1.29 is 17.7 Å². The van der Waals surface area contributed by atoms with Crippen LogP contribution in [0.2, 0.25) is 0 Å². The number of amides is 1. The van der Waals surface area contributed by atoms with Crippen molar-refractivity contribution >= 4 is 15.9 Å². The molecule has 1 aromatic carbocycles. The zero-order valence-corrected chi connectivity index (χ0v) is 18.8. The van der Waals surface area contributed by atoms with Crippen molar-refractivity contribution in [2.24, 2.45) is 5.92 Å². The summed E-state index contributed by atoms with van der Waals surface area (Å²) in [5.74, 6) is -0.222. The Morgan fingerprint density at radius 2 is 1.97 bits per heavy atom. The molecule has 1 amide bonds. The quantitative estimate of drug-likeness (QED) is 0.717. The highest BCUT2D eigenvalue weighted by atomic mass is 32.2. The van der Waals surface area contributed by atoms with E-state index in [0.717, 1.165) is 17.7 Å². The number of hydrogen-bond donors (Lipinski definition) is 1. The molecule has 1 aliphatic heterocycles. The summed E-state index contributed by atoms with van der Waals surface area (Å²) in [7, 11) is 0.268. The molecular weight excluding hydrogens is 404 g/mol. The summed E-state index contributed by atoms with van der Waals surface area (Å²) >= 11 is 0. The Morgan fingerprint density at radius 1 is 1.27 bits per heavy atom. The fraction of sp³-hybridized carbons (Fsp3) is 0.524. The highest BCUT2D eigenvalue weighted by Gasteiger charge is 2.36. The highest BCUT2D eigenvalue weighted by molar-refractivity contribution is 7.89. The molecule has 1 unspecified atom stereocenters. The maximum atomic E-state index is 13.1. The van der Waals surface area contributed by atoms with Gasteiger partial charge in [0, 0.05) is 26.2 Å². The molecule has 0 spiro atoms. The number of hydrogen-bond acceptors (Lipinski definition) is 6. The number of aromatic nitrogens is 1. The zero-order chi connectivity index (χ0) is 21.9. The van der Waals surface area contributed by atoms with E-state index >= 15 is 0 Å². The minimum atomic E-state index is -3.74. The molecule has 1 atom stereocenters. The lowest BCUT2D eigenvalue weighted by Crippen LogP contribution is -2.45. The maximum absolute atomic E-state index is 13.1. The number of carbonyl (C=O) groups excluding carboxylic acids is 1. The van der Waals surface area contributed by atoms with E-state index < -0.39 is 10.0 Å². The van der Waals surface area contributed by atoms with Crippen LogP contribution < -0.4 is 5.32 Å². The van der Waals surface area contributed by atoms with Crippen molar-refractivity contribution in [3.63, 3.8) is 0 Å². The van der Waals surface area contributed by atoms with E-state index in [4.69, 9.17) is 4.52 Å². The number of carbonyl (C=O) groups is 1. The molecule has 1 N–H and O–H groups in total. The van der Waals surface area contributed by atoms with Crippen LogP contribution >= 0.6 is 0 Å². The molecule has 1 fully saturated rings. The van der Waals surface area contributed by atoms with Crippen molar-refractivity contribution in [2.45, 2.75) is 44.7 Å². The van der Waals surface area contributed by atoms with Crippen LogP contribution in [0.25, 0.3) is 0 Å². The first-order chi connectivity index (χ1) is 14.2. The number of rotatable bonds is 7. The van der Waals surface area contributed by atoms with Crippen molar-refractivity contribution in [1.82, 2.24) is 19.7 Å². The van der Waals surface area contributed by atoms with Crippen LogP contribution in [-0.2, 0) is 27.9 Å². The lowest BCUT2D eigenvalue weighted by molar-refractivity contribution is -0.126. The van der Waals surface area contributed by atoms with Crippen LogP contribution in [0, 0.1) is 19.8 Å². The summed E-state index contributed by atoms with van der Waals surface area (Å²) in [6, 6.07) is 8.01. The van der Waals surface area contributed by atoms with Crippen molar-refractivity contribution in [3.8, 4) is 0 Å². The third kappa shape index (κ3) is 4.91. The largest absolute Gasteiger partial charge is 0.360 e. The predicted molar refractivity (Wildman–Crippen MR) is 113 cm³/mol. The van der Waals surface area contributed by atoms with E-state index in [1.54, 1.807) is 13.8 Å². The standard InChI is InChI=1S/C21H30N4O4S/c1-15-20(16(2)29-23-15)30(27,28)25-11-7-10-19(14-25)21(26)22-12-17-8-5-6-9-18(17)13-24(3)4/h5-6,8-9,19H,7,10-14H2,1-4H3,(H,22,26). The molecule has 164 valence electrons. The first-order valence-corrected chi connectivity index (χ1v) is 11.6. The minimum Gasteiger partial charge on any atom is -0.360 e. The molecule has 9 heteroatoms. The van der Waals surface area contributed by atoms with Gasteiger partial charge in [0.25, 0.3) is 0 Å². The van der Waals surface area contributed by atoms with Gasteiger partial charge in [-0.05, 0) is 51.9 Å². The predicted octanol–water partition coefficient (Wildman–Crippen LogP) is 2.07. The normalized spacial score (nSPS) is 18.0. The van der Waals surface area contributed by atoms with E-state index in [0.29, 0.717) is 31.6 Å². The van der Waals surface area contributed by atoms with Gasteiger partial charge in [-0.2, -0.15) is 4.31 Å². The first-order valence-electron chi connectivity index (χ1n) is 10.1. The van der Waals surface area contributed by atoms with E-state index in [1.165, 1.54) is 4.31 Å². The Hall–Kier alpha value is -2.23. The van der Waals surface area contributed by atoms with Gasteiger partial charge in [0.15, 0.2) is 5.76 Å². The summed E-state index contributed by atoms with van der Waals surface area (Å²) in [6.45, 7) is 4.98.